The quantitative estimate of drug-likeness (QED) is 0.897. The first-order valence-corrected chi connectivity index (χ1v) is 6.41. The fourth-order valence-corrected chi connectivity index (χ4v) is 2.24. The molecule has 0 aliphatic carbocycles. The third-order valence-electron chi connectivity index (χ3n) is 3.23. The van der Waals surface area contributed by atoms with Crippen molar-refractivity contribution in [2.24, 2.45) is 0 Å². The zero-order valence-electron chi connectivity index (χ0n) is 12.0. The Hall–Kier alpha value is -2.30. The van der Waals surface area contributed by atoms with Crippen LogP contribution in [-0.4, -0.2) is 28.4 Å². The maximum atomic E-state index is 10.9. The molecule has 0 bridgehead atoms. The van der Waals surface area contributed by atoms with Gasteiger partial charge in [-0.2, -0.15) is 5.10 Å². The number of aryl methyl sites for hydroxylation is 1. The summed E-state index contributed by atoms with van der Waals surface area (Å²) in [5.74, 6) is 0.164. The minimum atomic E-state index is -1.02. The van der Waals surface area contributed by atoms with E-state index < -0.39 is 5.97 Å². The molecule has 0 fully saturated rings. The monoisotopic (exact) mass is 274 g/mol. The van der Waals surface area contributed by atoms with E-state index in [0.717, 1.165) is 22.4 Å². The van der Waals surface area contributed by atoms with Crippen molar-refractivity contribution >= 4 is 5.97 Å². The van der Waals surface area contributed by atoms with Gasteiger partial charge in [0.05, 0.1) is 12.8 Å². The van der Waals surface area contributed by atoms with Crippen LogP contribution >= 0.6 is 0 Å². The van der Waals surface area contributed by atoms with Gasteiger partial charge in [-0.1, -0.05) is 13.8 Å². The molecule has 106 valence electrons. The summed E-state index contributed by atoms with van der Waals surface area (Å²) in [6.07, 6.45) is 0. The molecule has 5 heteroatoms. The Morgan fingerprint density at radius 1 is 1.35 bits per heavy atom. The number of rotatable bonds is 4. The highest BCUT2D eigenvalue weighted by Crippen LogP contribution is 2.34. The first-order valence-electron chi connectivity index (χ1n) is 6.41. The lowest BCUT2D eigenvalue weighted by Crippen LogP contribution is -1.98. The standard InChI is InChI=1S/C15H18N2O3/c1-8(2)11-6-10(5-9(3)14(11)20-4)12-7-13(15(18)19)17-16-12/h5-8H,1-4H3,(H,16,17)(H,18,19). The molecule has 2 N–H and O–H groups in total. The Morgan fingerprint density at radius 2 is 2.05 bits per heavy atom. The highest BCUT2D eigenvalue weighted by molar-refractivity contribution is 5.87. The van der Waals surface area contributed by atoms with E-state index in [4.69, 9.17) is 9.84 Å². The van der Waals surface area contributed by atoms with Crippen LogP contribution in [0.25, 0.3) is 11.3 Å². The van der Waals surface area contributed by atoms with Gasteiger partial charge in [-0.25, -0.2) is 4.79 Å². The third-order valence-corrected chi connectivity index (χ3v) is 3.23. The van der Waals surface area contributed by atoms with E-state index in [0.29, 0.717) is 11.6 Å². The maximum absolute atomic E-state index is 10.9. The number of aromatic carboxylic acids is 1. The van der Waals surface area contributed by atoms with Crippen LogP contribution in [0.15, 0.2) is 18.2 Å². The molecular formula is C15H18N2O3. The molecule has 0 aliphatic rings. The van der Waals surface area contributed by atoms with Crippen LogP contribution in [0, 0.1) is 6.92 Å². The average Bonchev–Trinajstić information content (AvgIpc) is 2.87. The Morgan fingerprint density at radius 3 is 2.55 bits per heavy atom. The second-order valence-electron chi connectivity index (χ2n) is 5.04. The van der Waals surface area contributed by atoms with E-state index >= 15 is 0 Å². The van der Waals surface area contributed by atoms with E-state index in [-0.39, 0.29) is 5.69 Å². The molecule has 0 saturated heterocycles. The lowest BCUT2D eigenvalue weighted by atomic mass is 9.95. The number of carbonyl (C=O) groups is 1. The molecule has 0 unspecified atom stereocenters. The van der Waals surface area contributed by atoms with Crippen molar-refractivity contribution in [3.8, 4) is 17.0 Å². The van der Waals surface area contributed by atoms with E-state index in [1.807, 2.05) is 19.1 Å². The number of nitrogens with zero attached hydrogens (tertiary/aromatic N) is 1. The number of benzene rings is 1. The van der Waals surface area contributed by atoms with Crippen LogP contribution in [0.4, 0.5) is 0 Å². The Labute approximate surface area is 117 Å². The fraction of sp³-hybridized carbons (Fsp3) is 0.333. The van der Waals surface area contributed by atoms with E-state index in [1.165, 1.54) is 6.07 Å². The SMILES string of the molecule is COc1c(C)cc(-c2cc(C(=O)O)[nH]n2)cc1C(C)C. The van der Waals surface area contributed by atoms with Gasteiger partial charge in [-0.15, -0.1) is 0 Å². The number of methoxy groups -OCH3 is 1. The number of carboxylic acid groups (broad SMARTS) is 1. The second-order valence-corrected chi connectivity index (χ2v) is 5.04. The molecule has 1 heterocycles. The summed E-state index contributed by atoms with van der Waals surface area (Å²) in [4.78, 5) is 10.9. The topological polar surface area (TPSA) is 75.2 Å². The number of aromatic amines is 1. The molecule has 0 spiro atoms. The molecule has 2 aromatic rings. The highest BCUT2D eigenvalue weighted by atomic mass is 16.5. The maximum Gasteiger partial charge on any atom is 0.353 e. The van der Waals surface area contributed by atoms with Gasteiger partial charge >= 0.3 is 5.97 Å². The van der Waals surface area contributed by atoms with Crippen molar-refractivity contribution in [3.63, 3.8) is 0 Å². The summed E-state index contributed by atoms with van der Waals surface area (Å²) >= 11 is 0. The van der Waals surface area contributed by atoms with Crippen molar-refractivity contribution in [1.29, 1.82) is 0 Å². The Bertz CT molecular complexity index is 645. The van der Waals surface area contributed by atoms with Crippen LogP contribution in [0.5, 0.6) is 5.75 Å². The number of carboxylic acids is 1. The lowest BCUT2D eigenvalue weighted by Gasteiger charge is -2.15. The first-order chi connectivity index (χ1) is 9.43. The van der Waals surface area contributed by atoms with Crippen molar-refractivity contribution in [1.82, 2.24) is 10.2 Å². The van der Waals surface area contributed by atoms with Gasteiger partial charge in [0.2, 0.25) is 0 Å². The molecule has 0 saturated carbocycles. The molecule has 5 nitrogen and oxygen atoms in total. The van der Waals surface area contributed by atoms with Crippen LogP contribution < -0.4 is 4.74 Å². The van der Waals surface area contributed by atoms with E-state index in [1.54, 1.807) is 7.11 Å². The van der Waals surface area contributed by atoms with Crippen molar-refractivity contribution in [2.45, 2.75) is 26.7 Å². The first kappa shape index (κ1) is 14.1. The number of ether oxygens (including phenoxy) is 1. The summed E-state index contributed by atoms with van der Waals surface area (Å²) in [5.41, 5.74) is 3.68. The number of H-pyrrole nitrogens is 1. The summed E-state index contributed by atoms with van der Waals surface area (Å²) < 4.78 is 5.45. The van der Waals surface area contributed by atoms with Gasteiger partial charge < -0.3 is 9.84 Å². The minimum absolute atomic E-state index is 0.0829. The molecule has 0 amide bonds. The summed E-state index contributed by atoms with van der Waals surface area (Å²) in [6, 6.07) is 5.48. The molecule has 0 atom stereocenters. The van der Waals surface area contributed by atoms with Crippen LogP contribution in [0.3, 0.4) is 0 Å². The Balaban J connectivity index is 2.54. The van der Waals surface area contributed by atoms with Gasteiger partial charge in [-0.05, 0) is 42.2 Å². The normalized spacial score (nSPS) is 10.8. The molecule has 0 radical (unpaired) electrons. The predicted octanol–water partition coefficient (Wildman–Crippen LogP) is 3.22. The molecule has 20 heavy (non-hydrogen) atoms. The lowest BCUT2D eigenvalue weighted by molar-refractivity contribution is 0.0690. The molecule has 2 rings (SSSR count). The number of nitrogens with one attached hydrogen (secondary N) is 1. The summed E-state index contributed by atoms with van der Waals surface area (Å²) in [6.45, 7) is 6.15. The van der Waals surface area contributed by atoms with Crippen LogP contribution in [0.2, 0.25) is 0 Å². The van der Waals surface area contributed by atoms with E-state index in [2.05, 4.69) is 24.0 Å². The van der Waals surface area contributed by atoms with Gasteiger partial charge in [0.25, 0.3) is 0 Å². The summed E-state index contributed by atoms with van der Waals surface area (Å²) in [5, 5.41) is 15.5. The highest BCUT2D eigenvalue weighted by Gasteiger charge is 2.15. The van der Waals surface area contributed by atoms with Crippen LogP contribution in [0.1, 0.15) is 41.4 Å². The molecule has 1 aromatic heterocycles. The Kier molecular flexibility index (Phi) is 3.79. The number of aromatic nitrogens is 2. The predicted molar refractivity (Wildman–Crippen MR) is 76.4 cm³/mol. The average molecular weight is 274 g/mol. The second kappa shape index (κ2) is 5.36. The fourth-order valence-electron chi connectivity index (χ4n) is 2.24. The van der Waals surface area contributed by atoms with Crippen molar-refractivity contribution < 1.29 is 14.6 Å². The molecule has 1 aromatic carbocycles. The smallest absolute Gasteiger partial charge is 0.353 e. The van der Waals surface area contributed by atoms with Gasteiger partial charge in [0.1, 0.15) is 11.4 Å². The van der Waals surface area contributed by atoms with Crippen LogP contribution in [-0.2, 0) is 0 Å². The van der Waals surface area contributed by atoms with Crippen molar-refractivity contribution in [3.05, 3.63) is 35.0 Å². The summed E-state index contributed by atoms with van der Waals surface area (Å²) in [7, 11) is 1.66. The van der Waals surface area contributed by atoms with Gasteiger partial charge in [0, 0.05) is 5.56 Å². The minimum Gasteiger partial charge on any atom is -0.496 e. The molecule has 0 aliphatic heterocycles. The van der Waals surface area contributed by atoms with Crippen molar-refractivity contribution in [2.75, 3.05) is 7.11 Å². The zero-order chi connectivity index (χ0) is 14.9. The van der Waals surface area contributed by atoms with Gasteiger partial charge in [-0.3, -0.25) is 5.10 Å². The molecular weight excluding hydrogens is 256 g/mol. The third kappa shape index (κ3) is 2.52. The number of hydrogen-bond acceptors (Lipinski definition) is 3. The number of hydrogen-bond donors (Lipinski definition) is 2. The zero-order valence-corrected chi connectivity index (χ0v) is 12.0. The largest absolute Gasteiger partial charge is 0.496 e. The van der Waals surface area contributed by atoms with E-state index in [9.17, 15) is 4.79 Å². The van der Waals surface area contributed by atoms with Gasteiger partial charge in [0.15, 0.2) is 0 Å².